The molecule has 11 aromatic rings. The number of rotatable bonds is 11. The summed E-state index contributed by atoms with van der Waals surface area (Å²) in [5, 5.41) is 0. The van der Waals surface area contributed by atoms with Crippen LogP contribution in [0.5, 0.6) is 0 Å². The molecule has 13 rings (SSSR count). The number of nitrogens with zero attached hydrogens (tertiary/aromatic N) is 5. The van der Waals surface area contributed by atoms with Crippen molar-refractivity contribution in [2.45, 2.75) is 0 Å². The summed E-state index contributed by atoms with van der Waals surface area (Å²) in [4.78, 5) is 12.1. The van der Waals surface area contributed by atoms with Crippen LogP contribution < -0.4 is 45.3 Å². The second kappa shape index (κ2) is 19.0. The van der Waals surface area contributed by atoms with E-state index in [0.717, 1.165) is 89.8 Å². The van der Waals surface area contributed by atoms with Gasteiger partial charge in [-0.25, -0.2) is 0 Å². The maximum atomic E-state index is 2.93. The van der Waals surface area contributed by atoms with Gasteiger partial charge >= 0.3 is 439 Å². The molecule has 0 aliphatic carbocycles. The second-order valence-corrected chi connectivity index (χ2v) is 19.3. The van der Waals surface area contributed by atoms with Crippen LogP contribution in [0.15, 0.2) is 285 Å². The van der Waals surface area contributed by atoms with Gasteiger partial charge in [-0.15, -0.1) is 0 Å². The topological polar surface area (TPSA) is 16.2 Å². The van der Waals surface area contributed by atoms with Crippen LogP contribution in [0.4, 0.5) is 85.3 Å². The van der Waals surface area contributed by atoms with E-state index < -0.39 is 0 Å². The number of fused-ring (bicyclic) bond motifs is 4. The molecular weight excluding hydrogens is 953 g/mol. The molecule has 0 unspecified atom stereocenters. The van der Waals surface area contributed by atoms with Gasteiger partial charge in [-0.05, 0) is 0 Å². The van der Waals surface area contributed by atoms with Crippen LogP contribution in [0.25, 0.3) is 0 Å². The normalized spacial score (nSPS) is 12.1. The maximum absolute atomic E-state index is 2.93. The minimum atomic E-state index is -0.107. The molecule has 73 heavy (non-hydrogen) atoms. The SMILES string of the molecule is [SeH]c1cc2c(cc1N(c1ccccc1)c1ccc(N(c3ccccc3)c3ccccc3)cc1)B1c3ccccc3N(c3ccccc3)c3cc(N(c4ccccc4)c4ccccc4)cc(c31)N2c1ccccc1. The van der Waals surface area contributed by atoms with Crippen molar-refractivity contribution in [1.29, 1.82) is 0 Å². The second-order valence-electron chi connectivity index (χ2n) is 18.3. The van der Waals surface area contributed by atoms with E-state index in [1.54, 1.807) is 0 Å². The number of hydrogen-bond donors (Lipinski definition) is 0. The molecule has 0 fully saturated rings. The third-order valence-electron chi connectivity index (χ3n) is 14.0. The third-order valence-corrected chi connectivity index (χ3v) is 14.8. The molecule has 0 saturated heterocycles. The average Bonchev–Trinajstić information content (AvgIpc) is 3.46. The van der Waals surface area contributed by atoms with E-state index in [2.05, 4.69) is 326 Å². The van der Waals surface area contributed by atoms with E-state index in [0.29, 0.717) is 0 Å². The molecule has 2 heterocycles. The van der Waals surface area contributed by atoms with Crippen molar-refractivity contribution in [3.05, 3.63) is 285 Å². The molecular formula is C66H48BN5Se. The average molecular weight is 1000 g/mol. The zero-order chi connectivity index (χ0) is 48.7. The zero-order valence-electron chi connectivity index (χ0n) is 39.9. The molecule has 0 amide bonds. The molecule has 346 valence electrons. The van der Waals surface area contributed by atoms with Gasteiger partial charge in [0.2, 0.25) is 0 Å². The Morgan fingerprint density at radius 2 is 0.616 bits per heavy atom. The van der Waals surface area contributed by atoms with Gasteiger partial charge in [0.25, 0.3) is 0 Å². The minimum absolute atomic E-state index is 0.107. The van der Waals surface area contributed by atoms with Gasteiger partial charge in [-0.1, -0.05) is 0 Å². The summed E-state index contributed by atoms with van der Waals surface area (Å²) >= 11 is 2.93. The summed E-state index contributed by atoms with van der Waals surface area (Å²) in [6.45, 7) is -0.107. The molecule has 7 heteroatoms. The Balaban J connectivity index is 1.05. The molecule has 0 radical (unpaired) electrons. The number of benzene rings is 11. The summed E-state index contributed by atoms with van der Waals surface area (Å²) < 4.78 is 1.10. The van der Waals surface area contributed by atoms with E-state index in [9.17, 15) is 0 Å². The third kappa shape index (κ3) is 7.93. The van der Waals surface area contributed by atoms with E-state index in [4.69, 9.17) is 0 Å². The first-order chi connectivity index (χ1) is 36.2. The Bertz CT molecular complexity index is 3620. The zero-order valence-corrected chi connectivity index (χ0v) is 41.8. The predicted octanol–water partition coefficient (Wildman–Crippen LogP) is 14.7. The molecule has 0 atom stereocenters. The Morgan fingerprint density at radius 3 is 1.07 bits per heavy atom. The number of para-hydroxylation sites is 8. The van der Waals surface area contributed by atoms with E-state index in [1.807, 2.05) is 0 Å². The summed E-state index contributed by atoms with van der Waals surface area (Å²) in [5.74, 6) is 0. The summed E-state index contributed by atoms with van der Waals surface area (Å²) in [5.41, 5.74) is 20.3. The Hall–Kier alpha value is -9.00. The van der Waals surface area contributed by atoms with Crippen molar-refractivity contribution in [1.82, 2.24) is 0 Å². The first-order valence-corrected chi connectivity index (χ1v) is 25.7. The monoisotopic (exact) mass is 1000 g/mol. The van der Waals surface area contributed by atoms with Gasteiger partial charge in [-0.3, -0.25) is 0 Å². The van der Waals surface area contributed by atoms with Gasteiger partial charge in [0.05, 0.1) is 0 Å². The van der Waals surface area contributed by atoms with Crippen LogP contribution in [0.3, 0.4) is 0 Å². The molecule has 11 aromatic carbocycles. The molecule has 2 aliphatic heterocycles. The fourth-order valence-electron chi connectivity index (χ4n) is 10.9. The van der Waals surface area contributed by atoms with E-state index in [1.165, 1.54) is 16.4 Å². The van der Waals surface area contributed by atoms with Crippen LogP contribution >= 0.6 is 0 Å². The fourth-order valence-corrected chi connectivity index (χ4v) is 11.5. The molecule has 5 nitrogen and oxygen atoms in total. The molecule has 0 bridgehead atoms. The Kier molecular flexibility index (Phi) is 11.4. The first-order valence-electron chi connectivity index (χ1n) is 24.8. The predicted molar refractivity (Wildman–Crippen MR) is 311 cm³/mol. The van der Waals surface area contributed by atoms with Crippen molar-refractivity contribution < 1.29 is 0 Å². The van der Waals surface area contributed by atoms with E-state index >= 15 is 0 Å². The van der Waals surface area contributed by atoms with Gasteiger partial charge in [-0.2, -0.15) is 0 Å². The summed E-state index contributed by atoms with van der Waals surface area (Å²) in [6, 6.07) is 103. The fraction of sp³-hybridized carbons (Fsp3) is 0. The van der Waals surface area contributed by atoms with Crippen molar-refractivity contribution >= 4 is 129 Å². The van der Waals surface area contributed by atoms with Crippen LogP contribution in [0.2, 0.25) is 0 Å². The molecule has 2 aliphatic rings. The quantitative estimate of drug-likeness (QED) is 0.120. The molecule has 0 N–H and O–H groups in total. The van der Waals surface area contributed by atoms with Crippen molar-refractivity contribution in [2.24, 2.45) is 0 Å². The summed E-state index contributed by atoms with van der Waals surface area (Å²) in [6.07, 6.45) is 0. The number of hydrogen-bond acceptors (Lipinski definition) is 5. The molecule has 0 spiro atoms. The Morgan fingerprint density at radius 1 is 0.274 bits per heavy atom. The molecule has 0 saturated carbocycles. The van der Waals surface area contributed by atoms with Crippen LogP contribution in [-0.2, 0) is 0 Å². The Labute approximate surface area is 436 Å². The van der Waals surface area contributed by atoms with Crippen molar-refractivity contribution in [3.8, 4) is 0 Å². The van der Waals surface area contributed by atoms with Gasteiger partial charge < -0.3 is 0 Å². The van der Waals surface area contributed by atoms with Crippen LogP contribution in [0, 0.1) is 0 Å². The van der Waals surface area contributed by atoms with E-state index in [-0.39, 0.29) is 6.71 Å². The van der Waals surface area contributed by atoms with Gasteiger partial charge in [0, 0.05) is 0 Å². The standard InChI is InChI=1S/C66H48BN5Se/c73-65-47-61-59(46-62(65)70(52-32-16-5-17-33-52)56-42-40-55(41-43-56)68(48-24-8-1-9-25-48)49-26-10-2-11-27-49)67-58-38-22-23-39-60(58)71(53-34-18-6-19-35-53)63-44-57(45-64(66(63)67)72(61)54-36-20-7-21-37-54)69(50-28-12-3-13-29-50)51-30-14-4-15-31-51/h1-47,73H. The molecule has 0 aromatic heterocycles. The first kappa shape index (κ1) is 44.0. The van der Waals surface area contributed by atoms with Crippen molar-refractivity contribution in [2.75, 3.05) is 24.5 Å². The van der Waals surface area contributed by atoms with Gasteiger partial charge in [0.15, 0.2) is 0 Å². The summed E-state index contributed by atoms with van der Waals surface area (Å²) in [7, 11) is 0. The van der Waals surface area contributed by atoms with Gasteiger partial charge in [0.1, 0.15) is 0 Å². The van der Waals surface area contributed by atoms with Crippen molar-refractivity contribution in [3.63, 3.8) is 0 Å². The van der Waals surface area contributed by atoms with Crippen LogP contribution in [-0.4, -0.2) is 22.7 Å². The van der Waals surface area contributed by atoms with Crippen LogP contribution in [0.1, 0.15) is 0 Å². The number of anilines is 15.